The lowest BCUT2D eigenvalue weighted by molar-refractivity contribution is 0.616. The van der Waals surface area contributed by atoms with Crippen molar-refractivity contribution in [2.24, 2.45) is 5.92 Å². The maximum atomic E-state index is 3.83. The number of allylic oxidation sites excluding steroid dienone is 1. The van der Waals surface area contributed by atoms with E-state index in [0.29, 0.717) is 5.92 Å². The van der Waals surface area contributed by atoms with E-state index in [-0.39, 0.29) is 0 Å². The van der Waals surface area contributed by atoms with Crippen LogP contribution in [0.1, 0.15) is 20.3 Å². The Labute approximate surface area is 51.8 Å². The van der Waals surface area contributed by atoms with Gasteiger partial charge in [-0.15, -0.1) is 0 Å². The fourth-order valence-electron chi connectivity index (χ4n) is 0.493. The van der Waals surface area contributed by atoms with Gasteiger partial charge in [0.1, 0.15) is 0 Å². The summed E-state index contributed by atoms with van der Waals surface area (Å²) in [5.74, 6) is 0.611. The van der Waals surface area contributed by atoms with Gasteiger partial charge in [0.25, 0.3) is 0 Å². The molecule has 1 heteroatoms. The van der Waals surface area contributed by atoms with Gasteiger partial charge in [0.05, 0.1) is 0 Å². The highest BCUT2D eigenvalue weighted by Gasteiger charge is 1.98. The SMILES string of the molecule is C=C(NC)C(C)CC. The third-order valence-corrected chi connectivity index (χ3v) is 1.53. The molecule has 0 aromatic rings. The van der Waals surface area contributed by atoms with Crippen molar-refractivity contribution in [3.63, 3.8) is 0 Å². The monoisotopic (exact) mass is 113 g/mol. The van der Waals surface area contributed by atoms with Crippen molar-refractivity contribution in [2.75, 3.05) is 7.05 Å². The molecular formula is C7H15N. The maximum Gasteiger partial charge on any atom is 0.00596 e. The standard InChI is InChI=1S/C7H15N/c1-5-6(2)7(3)8-4/h6,8H,3,5H2,1-2,4H3. The molecule has 0 rings (SSSR count). The lowest BCUT2D eigenvalue weighted by Crippen LogP contribution is -2.11. The van der Waals surface area contributed by atoms with Crippen LogP contribution in [0.4, 0.5) is 0 Å². The van der Waals surface area contributed by atoms with Gasteiger partial charge in [-0.3, -0.25) is 0 Å². The Balaban J connectivity index is 3.46. The normalized spacial score (nSPS) is 12.9. The Hall–Kier alpha value is -0.460. The van der Waals surface area contributed by atoms with Gasteiger partial charge in [-0.05, 0) is 12.3 Å². The molecule has 1 atom stereocenters. The van der Waals surface area contributed by atoms with Crippen molar-refractivity contribution in [1.82, 2.24) is 5.32 Å². The zero-order valence-electron chi connectivity index (χ0n) is 5.99. The Bertz CT molecular complexity index is 76.5. The highest BCUT2D eigenvalue weighted by Crippen LogP contribution is 2.06. The molecule has 0 radical (unpaired) electrons. The Kier molecular flexibility index (Phi) is 3.33. The third-order valence-electron chi connectivity index (χ3n) is 1.53. The molecule has 0 aliphatic rings. The molecule has 0 aromatic carbocycles. The molecule has 0 saturated heterocycles. The second-order valence-electron chi connectivity index (χ2n) is 2.08. The summed E-state index contributed by atoms with van der Waals surface area (Å²) in [4.78, 5) is 0. The van der Waals surface area contributed by atoms with Crippen molar-refractivity contribution < 1.29 is 0 Å². The first kappa shape index (κ1) is 7.54. The fraction of sp³-hybridized carbons (Fsp3) is 0.714. The Morgan fingerprint density at radius 3 is 2.38 bits per heavy atom. The van der Waals surface area contributed by atoms with Gasteiger partial charge >= 0.3 is 0 Å². The predicted molar refractivity (Wildman–Crippen MR) is 37.7 cm³/mol. The second-order valence-corrected chi connectivity index (χ2v) is 2.08. The minimum absolute atomic E-state index is 0.611. The summed E-state index contributed by atoms with van der Waals surface area (Å²) in [6.07, 6.45) is 1.17. The third kappa shape index (κ3) is 2.01. The molecule has 0 spiro atoms. The van der Waals surface area contributed by atoms with Crippen LogP contribution in [-0.4, -0.2) is 7.05 Å². The number of nitrogens with one attached hydrogen (secondary N) is 1. The first-order valence-corrected chi connectivity index (χ1v) is 3.08. The average Bonchev–Trinajstić information content (AvgIpc) is 1.84. The van der Waals surface area contributed by atoms with E-state index in [1.54, 1.807) is 0 Å². The van der Waals surface area contributed by atoms with Gasteiger partial charge in [0.2, 0.25) is 0 Å². The van der Waals surface area contributed by atoms with Crippen LogP contribution in [0.25, 0.3) is 0 Å². The van der Waals surface area contributed by atoms with Crippen LogP contribution in [0.2, 0.25) is 0 Å². The minimum atomic E-state index is 0.611. The molecule has 0 saturated carbocycles. The molecule has 0 fully saturated rings. The van der Waals surface area contributed by atoms with Crippen LogP contribution in [0, 0.1) is 5.92 Å². The van der Waals surface area contributed by atoms with Crippen LogP contribution in [0.15, 0.2) is 12.3 Å². The van der Waals surface area contributed by atoms with Crippen LogP contribution in [0.5, 0.6) is 0 Å². The summed E-state index contributed by atoms with van der Waals surface area (Å²) in [6.45, 7) is 8.16. The topological polar surface area (TPSA) is 12.0 Å². The van der Waals surface area contributed by atoms with Crippen LogP contribution in [-0.2, 0) is 0 Å². The van der Waals surface area contributed by atoms with Gasteiger partial charge in [0, 0.05) is 12.7 Å². The van der Waals surface area contributed by atoms with E-state index in [0.717, 1.165) is 5.70 Å². The van der Waals surface area contributed by atoms with Gasteiger partial charge in [-0.1, -0.05) is 20.4 Å². The largest absolute Gasteiger partial charge is 0.392 e. The van der Waals surface area contributed by atoms with E-state index in [9.17, 15) is 0 Å². The van der Waals surface area contributed by atoms with Crippen molar-refractivity contribution in [3.8, 4) is 0 Å². The Morgan fingerprint density at radius 2 is 2.25 bits per heavy atom. The summed E-state index contributed by atoms with van der Waals surface area (Å²) in [7, 11) is 1.91. The number of hydrogen-bond donors (Lipinski definition) is 1. The van der Waals surface area contributed by atoms with E-state index in [1.807, 2.05) is 7.05 Å². The summed E-state index contributed by atoms with van der Waals surface area (Å²) in [6, 6.07) is 0. The average molecular weight is 113 g/mol. The zero-order valence-corrected chi connectivity index (χ0v) is 5.99. The van der Waals surface area contributed by atoms with Crippen molar-refractivity contribution >= 4 is 0 Å². The molecule has 0 bridgehead atoms. The molecule has 0 aliphatic heterocycles. The minimum Gasteiger partial charge on any atom is -0.392 e. The first-order chi connectivity index (χ1) is 3.72. The molecule has 1 N–H and O–H groups in total. The van der Waals surface area contributed by atoms with Crippen LogP contribution in [0.3, 0.4) is 0 Å². The van der Waals surface area contributed by atoms with Crippen molar-refractivity contribution in [1.29, 1.82) is 0 Å². The lowest BCUT2D eigenvalue weighted by atomic mass is 10.1. The zero-order chi connectivity index (χ0) is 6.57. The van der Waals surface area contributed by atoms with E-state index in [2.05, 4.69) is 25.7 Å². The van der Waals surface area contributed by atoms with Gasteiger partial charge in [0.15, 0.2) is 0 Å². The van der Waals surface area contributed by atoms with Gasteiger partial charge < -0.3 is 5.32 Å². The highest BCUT2D eigenvalue weighted by molar-refractivity contribution is 4.93. The van der Waals surface area contributed by atoms with Crippen molar-refractivity contribution in [3.05, 3.63) is 12.3 Å². The van der Waals surface area contributed by atoms with Gasteiger partial charge in [-0.2, -0.15) is 0 Å². The van der Waals surface area contributed by atoms with E-state index >= 15 is 0 Å². The quantitative estimate of drug-likeness (QED) is 0.588. The first-order valence-electron chi connectivity index (χ1n) is 3.08. The highest BCUT2D eigenvalue weighted by atomic mass is 14.8. The summed E-state index contributed by atoms with van der Waals surface area (Å²) in [5, 5.41) is 3.02. The number of hydrogen-bond acceptors (Lipinski definition) is 1. The fourth-order valence-corrected chi connectivity index (χ4v) is 0.493. The molecule has 48 valence electrons. The summed E-state index contributed by atoms with van der Waals surface area (Å²) < 4.78 is 0. The van der Waals surface area contributed by atoms with Crippen molar-refractivity contribution in [2.45, 2.75) is 20.3 Å². The molecule has 0 aliphatic carbocycles. The molecule has 8 heavy (non-hydrogen) atoms. The van der Waals surface area contributed by atoms with E-state index in [1.165, 1.54) is 6.42 Å². The van der Waals surface area contributed by atoms with E-state index in [4.69, 9.17) is 0 Å². The number of rotatable bonds is 3. The molecule has 1 unspecified atom stereocenters. The second kappa shape index (κ2) is 3.53. The predicted octanol–water partition coefficient (Wildman–Crippen LogP) is 1.77. The van der Waals surface area contributed by atoms with Gasteiger partial charge in [-0.25, -0.2) is 0 Å². The molecule has 0 heterocycles. The van der Waals surface area contributed by atoms with Crippen LogP contribution >= 0.6 is 0 Å². The smallest absolute Gasteiger partial charge is 0.00596 e. The maximum absolute atomic E-state index is 3.83. The molecule has 1 nitrogen and oxygen atoms in total. The van der Waals surface area contributed by atoms with E-state index < -0.39 is 0 Å². The van der Waals surface area contributed by atoms with Crippen LogP contribution < -0.4 is 5.32 Å². The Morgan fingerprint density at radius 1 is 1.75 bits per heavy atom. The lowest BCUT2D eigenvalue weighted by Gasteiger charge is -2.10. The summed E-state index contributed by atoms with van der Waals surface area (Å²) >= 11 is 0. The molecular weight excluding hydrogens is 98.1 g/mol. The summed E-state index contributed by atoms with van der Waals surface area (Å²) in [5.41, 5.74) is 1.13. The molecule has 0 aromatic heterocycles. The molecule has 0 amide bonds.